The van der Waals surface area contributed by atoms with Crippen LogP contribution in [0.5, 0.6) is 0 Å². The number of nitrogens with zero attached hydrogens (tertiary/aromatic N) is 1. The lowest BCUT2D eigenvalue weighted by Crippen LogP contribution is -3.00. The maximum absolute atomic E-state index is 12.2. The van der Waals surface area contributed by atoms with E-state index in [1.54, 1.807) is 6.08 Å². The summed E-state index contributed by atoms with van der Waals surface area (Å²) in [6.45, 7) is 2.71. The van der Waals surface area contributed by atoms with Gasteiger partial charge in [0.2, 0.25) is 5.91 Å². The molecule has 0 saturated carbocycles. The van der Waals surface area contributed by atoms with Gasteiger partial charge in [0.05, 0.1) is 33.4 Å². The zero-order valence-electron chi connectivity index (χ0n) is 16.9. The summed E-state index contributed by atoms with van der Waals surface area (Å²) in [5.41, 5.74) is 3.08. The first-order chi connectivity index (χ1) is 13.4. The van der Waals surface area contributed by atoms with Crippen LogP contribution in [0.15, 0.2) is 59.1 Å². The maximum Gasteiger partial charge on any atom is 0.248 e. The van der Waals surface area contributed by atoms with Gasteiger partial charge in [-0.2, -0.15) is 0 Å². The van der Waals surface area contributed by atoms with Crippen molar-refractivity contribution in [1.82, 2.24) is 0 Å². The molecule has 4 nitrogen and oxygen atoms in total. The molecule has 2 aromatic rings. The van der Waals surface area contributed by atoms with E-state index in [9.17, 15) is 4.79 Å². The van der Waals surface area contributed by atoms with Crippen molar-refractivity contribution in [3.8, 4) is 0 Å². The van der Waals surface area contributed by atoms with E-state index >= 15 is 0 Å². The number of anilines is 1. The van der Waals surface area contributed by atoms with Crippen LogP contribution in [-0.2, 0) is 16.1 Å². The number of hydrogen-bond donors (Lipinski definition) is 1. The highest BCUT2D eigenvalue weighted by atomic mass is 127. The molecule has 6 heteroatoms. The van der Waals surface area contributed by atoms with Gasteiger partial charge < -0.3 is 38.5 Å². The molecule has 1 fully saturated rings. The number of carbonyl (C=O) groups excluding carboxylic acids is 1. The number of amides is 1. The van der Waals surface area contributed by atoms with Crippen LogP contribution in [0, 0.1) is 0 Å². The third-order valence-electron chi connectivity index (χ3n) is 5.29. The highest BCUT2D eigenvalue weighted by Gasteiger charge is 2.30. The third kappa shape index (κ3) is 7.51. The van der Waals surface area contributed by atoms with Crippen molar-refractivity contribution in [1.29, 1.82) is 0 Å². The van der Waals surface area contributed by atoms with Crippen molar-refractivity contribution in [2.75, 3.05) is 32.6 Å². The molecule has 0 bridgehead atoms. The molecule has 1 heterocycles. The molecule has 0 unspecified atom stereocenters. The van der Waals surface area contributed by atoms with Crippen LogP contribution in [0.4, 0.5) is 5.69 Å². The van der Waals surface area contributed by atoms with Crippen LogP contribution in [-0.4, -0.2) is 43.7 Å². The fourth-order valence-corrected chi connectivity index (χ4v) is 3.87. The lowest BCUT2D eigenvalue weighted by molar-refractivity contribution is -0.929. The van der Waals surface area contributed by atoms with Gasteiger partial charge in [-0.15, -0.1) is 0 Å². The van der Waals surface area contributed by atoms with Gasteiger partial charge in [0.1, 0.15) is 6.54 Å². The van der Waals surface area contributed by atoms with Gasteiger partial charge in [-0.05, 0) is 35.9 Å². The zero-order valence-corrected chi connectivity index (χ0v) is 20.6. The lowest BCUT2D eigenvalue weighted by Gasteiger charge is -2.40. The molecular formula is C23H28BrIN2O2. The van der Waals surface area contributed by atoms with Crippen molar-refractivity contribution < 1.29 is 38.0 Å². The van der Waals surface area contributed by atoms with Crippen molar-refractivity contribution in [2.45, 2.75) is 25.4 Å². The predicted octanol–water partition coefficient (Wildman–Crippen LogP) is 1.86. The Labute approximate surface area is 199 Å². The summed E-state index contributed by atoms with van der Waals surface area (Å²) in [7, 11) is 4.58. The molecule has 0 radical (unpaired) electrons. The second-order valence-electron chi connectivity index (χ2n) is 7.85. The van der Waals surface area contributed by atoms with Crippen molar-refractivity contribution >= 4 is 33.6 Å². The third-order valence-corrected chi connectivity index (χ3v) is 5.82. The van der Waals surface area contributed by atoms with E-state index in [1.165, 1.54) is 5.56 Å². The summed E-state index contributed by atoms with van der Waals surface area (Å²) in [6.07, 6.45) is 5.60. The fraction of sp³-hybridized carbons (Fsp3) is 0.348. The summed E-state index contributed by atoms with van der Waals surface area (Å²) in [6, 6.07) is 16.6. The number of benzene rings is 2. The largest absolute Gasteiger partial charge is 1.00 e. The van der Waals surface area contributed by atoms with Crippen LogP contribution in [0.1, 0.15) is 24.0 Å². The molecule has 1 aliphatic rings. The highest BCUT2D eigenvalue weighted by Crippen LogP contribution is 2.23. The number of nitrogens with one attached hydrogen (secondary N) is 1. The molecule has 0 atom stereocenters. The summed E-state index contributed by atoms with van der Waals surface area (Å²) in [5, 5.41) is 2.92. The summed E-state index contributed by atoms with van der Waals surface area (Å²) in [5.74, 6) is -0.131. The predicted molar refractivity (Wildman–Crippen MR) is 118 cm³/mol. The SMILES string of the molecule is C[N+](C)(Cc1ccc(NC(=O)C=Cc2ccc(Br)cc2)cc1)C1CCOCC1.[I-]. The minimum Gasteiger partial charge on any atom is -1.00 e. The first-order valence-electron chi connectivity index (χ1n) is 9.66. The normalized spacial score (nSPS) is 15.1. The molecular weight excluding hydrogens is 543 g/mol. The fourth-order valence-electron chi connectivity index (χ4n) is 3.61. The minimum atomic E-state index is -0.131. The summed E-state index contributed by atoms with van der Waals surface area (Å²) in [4.78, 5) is 12.2. The molecule has 1 aliphatic heterocycles. The first kappa shape index (κ1) is 24.1. The van der Waals surface area contributed by atoms with E-state index in [4.69, 9.17) is 4.74 Å². The minimum absolute atomic E-state index is 0. The Morgan fingerprint density at radius 2 is 1.72 bits per heavy atom. The smallest absolute Gasteiger partial charge is 0.248 e. The molecule has 0 aliphatic carbocycles. The average Bonchev–Trinajstić information content (AvgIpc) is 2.69. The number of quaternary nitrogens is 1. The van der Waals surface area contributed by atoms with E-state index in [1.807, 2.05) is 42.5 Å². The molecule has 1 N–H and O–H groups in total. The van der Waals surface area contributed by atoms with Gasteiger partial charge in [0, 0.05) is 34.6 Å². The Morgan fingerprint density at radius 1 is 1.10 bits per heavy atom. The Bertz CT molecular complexity index is 814. The molecule has 1 amide bonds. The van der Waals surface area contributed by atoms with E-state index in [2.05, 4.69) is 47.5 Å². The van der Waals surface area contributed by atoms with Crippen LogP contribution in [0.3, 0.4) is 0 Å². The lowest BCUT2D eigenvalue weighted by atomic mass is 10.0. The van der Waals surface area contributed by atoms with Crippen LogP contribution < -0.4 is 29.3 Å². The molecule has 29 heavy (non-hydrogen) atoms. The quantitative estimate of drug-likeness (QED) is 0.327. The van der Waals surface area contributed by atoms with Gasteiger partial charge in [0.15, 0.2) is 0 Å². The van der Waals surface area contributed by atoms with Crippen molar-refractivity contribution in [3.05, 3.63) is 70.2 Å². The molecule has 156 valence electrons. The van der Waals surface area contributed by atoms with Crippen molar-refractivity contribution in [3.63, 3.8) is 0 Å². The standard InChI is InChI=1S/C23H27BrN2O2.HI/c1-26(2,22-13-15-28-16-14-22)17-19-5-10-21(11-6-19)25-23(27)12-7-18-3-8-20(24)9-4-18;/h3-12,22H,13-17H2,1-2H3;1H. The van der Waals surface area contributed by atoms with Gasteiger partial charge in [-0.1, -0.05) is 40.2 Å². The molecule has 1 saturated heterocycles. The van der Waals surface area contributed by atoms with Gasteiger partial charge >= 0.3 is 0 Å². The number of halogens is 2. The molecule has 2 aromatic carbocycles. The van der Waals surface area contributed by atoms with Gasteiger partial charge in [0.25, 0.3) is 0 Å². The monoisotopic (exact) mass is 570 g/mol. The highest BCUT2D eigenvalue weighted by molar-refractivity contribution is 9.10. The number of carbonyl (C=O) groups is 1. The average molecular weight is 571 g/mol. The second kappa shape index (κ2) is 11.2. The van der Waals surface area contributed by atoms with E-state index in [0.717, 1.165) is 52.8 Å². The van der Waals surface area contributed by atoms with Crippen molar-refractivity contribution in [2.24, 2.45) is 0 Å². The first-order valence-corrected chi connectivity index (χ1v) is 10.5. The number of rotatable bonds is 6. The Morgan fingerprint density at radius 3 is 2.34 bits per heavy atom. The van der Waals surface area contributed by atoms with Crippen LogP contribution in [0.25, 0.3) is 6.08 Å². The Kier molecular flexibility index (Phi) is 9.33. The topological polar surface area (TPSA) is 38.3 Å². The zero-order chi connectivity index (χ0) is 20.0. The van der Waals surface area contributed by atoms with E-state index < -0.39 is 0 Å². The maximum atomic E-state index is 12.2. The van der Waals surface area contributed by atoms with Gasteiger partial charge in [-0.25, -0.2) is 0 Å². The van der Waals surface area contributed by atoms with E-state index in [-0.39, 0.29) is 29.9 Å². The van der Waals surface area contributed by atoms with E-state index in [0.29, 0.717) is 6.04 Å². The molecule has 0 spiro atoms. The summed E-state index contributed by atoms with van der Waals surface area (Å²) < 4.78 is 7.48. The second-order valence-corrected chi connectivity index (χ2v) is 8.77. The van der Waals surface area contributed by atoms with Crippen LogP contribution in [0.2, 0.25) is 0 Å². The molecule has 0 aromatic heterocycles. The Hall–Kier alpha value is -1.22. The van der Waals surface area contributed by atoms with Gasteiger partial charge in [-0.3, -0.25) is 4.79 Å². The number of hydrogen-bond acceptors (Lipinski definition) is 2. The Balaban J connectivity index is 0.00000300. The van der Waals surface area contributed by atoms with Crippen LogP contribution >= 0.6 is 15.9 Å². The number of ether oxygens (including phenoxy) is 1. The summed E-state index contributed by atoms with van der Waals surface area (Å²) >= 11 is 3.41. The molecule has 3 rings (SSSR count).